The fourth-order valence-electron chi connectivity index (χ4n) is 4.07. The number of nitro benzene ring substituents is 1. The highest BCUT2D eigenvalue weighted by molar-refractivity contribution is 5.75. The number of halogens is 6. The van der Waals surface area contributed by atoms with E-state index in [-0.39, 0.29) is 17.0 Å². The van der Waals surface area contributed by atoms with Crippen molar-refractivity contribution in [3.05, 3.63) is 92.5 Å². The van der Waals surface area contributed by atoms with Gasteiger partial charge in [-0.05, 0) is 58.5 Å². The van der Waals surface area contributed by atoms with Crippen LogP contribution in [0, 0.1) is 10.1 Å². The molecule has 0 bridgehead atoms. The van der Waals surface area contributed by atoms with Gasteiger partial charge in [0.05, 0.1) is 23.2 Å². The maximum absolute atomic E-state index is 13.5. The monoisotopic (exact) mass is 584 g/mol. The first kappa shape index (κ1) is 31.2. The van der Waals surface area contributed by atoms with E-state index >= 15 is 0 Å². The topological polar surface area (TPSA) is 81.9 Å². The minimum atomic E-state index is -4.87. The molecule has 0 aliphatic carbocycles. The fraction of sp³-hybridized carbons (Fsp3) is 0.321. The van der Waals surface area contributed by atoms with Gasteiger partial charge in [-0.2, -0.15) is 26.3 Å². The lowest BCUT2D eigenvalue weighted by Crippen LogP contribution is -2.27. The van der Waals surface area contributed by atoms with Gasteiger partial charge in [-0.3, -0.25) is 10.1 Å². The lowest BCUT2D eigenvalue weighted by molar-refractivity contribution is -0.385. The van der Waals surface area contributed by atoms with Crippen molar-refractivity contribution >= 4 is 11.8 Å². The highest BCUT2D eigenvalue weighted by Crippen LogP contribution is 2.39. The number of carbonyl (C=O) groups is 1. The Kier molecular flexibility index (Phi) is 9.19. The third-order valence-corrected chi connectivity index (χ3v) is 6.21. The number of hydrogen-bond donors (Lipinski definition) is 0. The Bertz CT molecular complexity index is 1440. The normalized spacial score (nSPS) is 11.9. The second kappa shape index (κ2) is 12.1. The van der Waals surface area contributed by atoms with Gasteiger partial charge in [0, 0.05) is 31.3 Å². The Morgan fingerprint density at radius 1 is 0.927 bits per heavy atom. The SMILES string of the molecule is COc1ccc(C(C)C)cc1-c1ccc(C(F)(F)F)cc1COC(=O)N(C)Cc1cc([N+](=O)[O-])cc(C(F)(F)F)c1. The first-order chi connectivity index (χ1) is 19.0. The molecular formula is C28H26F6N2O5. The van der Waals surface area contributed by atoms with Crippen LogP contribution in [-0.4, -0.2) is 30.1 Å². The molecule has 0 radical (unpaired) electrons. The number of nitro groups is 1. The van der Waals surface area contributed by atoms with Crippen LogP contribution >= 0.6 is 0 Å². The molecule has 220 valence electrons. The summed E-state index contributed by atoms with van der Waals surface area (Å²) < 4.78 is 90.9. The fourth-order valence-corrected chi connectivity index (χ4v) is 4.07. The minimum Gasteiger partial charge on any atom is -0.496 e. The van der Waals surface area contributed by atoms with E-state index in [1.807, 2.05) is 19.9 Å². The summed E-state index contributed by atoms with van der Waals surface area (Å²) in [5, 5.41) is 11.1. The van der Waals surface area contributed by atoms with Gasteiger partial charge >= 0.3 is 18.4 Å². The largest absolute Gasteiger partial charge is 0.496 e. The average Bonchev–Trinajstić information content (AvgIpc) is 2.89. The van der Waals surface area contributed by atoms with Crippen LogP contribution in [0.5, 0.6) is 5.75 Å². The maximum Gasteiger partial charge on any atom is 0.416 e. The summed E-state index contributed by atoms with van der Waals surface area (Å²) in [5.74, 6) is 0.473. The number of hydrogen-bond acceptors (Lipinski definition) is 5. The van der Waals surface area contributed by atoms with Crippen LogP contribution in [0.3, 0.4) is 0 Å². The third kappa shape index (κ3) is 7.68. The van der Waals surface area contributed by atoms with Gasteiger partial charge in [0.2, 0.25) is 0 Å². The molecule has 41 heavy (non-hydrogen) atoms. The summed E-state index contributed by atoms with van der Waals surface area (Å²) in [6.45, 7) is 2.77. The number of carbonyl (C=O) groups excluding carboxylic acids is 1. The van der Waals surface area contributed by atoms with E-state index in [0.29, 0.717) is 29.0 Å². The lowest BCUT2D eigenvalue weighted by Gasteiger charge is -2.20. The van der Waals surface area contributed by atoms with E-state index in [2.05, 4.69) is 0 Å². The van der Waals surface area contributed by atoms with Crippen LogP contribution in [0.4, 0.5) is 36.8 Å². The lowest BCUT2D eigenvalue weighted by atomic mass is 9.93. The quantitative estimate of drug-likeness (QED) is 0.151. The highest BCUT2D eigenvalue weighted by atomic mass is 19.4. The number of ether oxygens (including phenoxy) is 2. The second-order valence-electron chi connectivity index (χ2n) is 9.54. The molecule has 0 saturated heterocycles. The summed E-state index contributed by atoms with van der Waals surface area (Å²) >= 11 is 0. The molecule has 1 amide bonds. The van der Waals surface area contributed by atoms with Crippen LogP contribution in [0.2, 0.25) is 0 Å². The van der Waals surface area contributed by atoms with Gasteiger partial charge in [0.25, 0.3) is 5.69 Å². The molecule has 0 aliphatic heterocycles. The van der Waals surface area contributed by atoms with E-state index in [4.69, 9.17) is 9.47 Å². The van der Waals surface area contributed by atoms with Gasteiger partial charge in [0.15, 0.2) is 0 Å². The predicted molar refractivity (Wildman–Crippen MR) is 137 cm³/mol. The molecule has 13 heteroatoms. The predicted octanol–water partition coefficient (Wildman–Crippen LogP) is 8.20. The first-order valence-electron chi connectivity index (χ1n) is 12.1. The standard InChI is InChI=1S/C28H26F6N2O5/c1-16(2)18-5-8-25(40-4)24(12-18)23-7-6-20(27(29,30)31)11-19(23)15-41-26(37)35(3)14-17-9-21(28(32,33)34)13-22(10-17)36(38)39/h5-13,16H,14-15H2,1-4H3. The van der Waals surface area contributed by atoms with E-state index < -0.39 is 53.3 Å². The molecule has 0 fully saturated rings. The Hall–Kier alpha value is -4.29. The molecule has 3 aromatic carbocycles. The van der Waals surface area contributed by atoms with Crippen molar-refractivity contribution in [1.29, 1.82) is 0 Å². The molecule has 7 nitrogen and oxygen atoms in total. The summed E-state index contributed by atoms with van der Waals surface area (Å²) in [6.07, 6.45) is -10.6. The van der Waals surface area contributed by atoms with Gasteiger partial charge in [0.1, 0.15) is 12.4 Å². The molecule has 3 rings (SSSR count). The van der Waals surface area contributed by atoms with Crippen LogP contribution in [0.25, 0.3) is 11.1 Å². The van der Waals surface area contributed by atoms with Gasteiger partial charge < -0.3 is 14.4 Å². The van der Waals surface area contributed by atoms with Crippen LogP contribution in [0.1, 0.15) is 47.6 Å². The van der Waals surface area contributed by atoms with Crippen LogP contribution in [0.15, 0.2) is 54.6 Å². The highest BCUT2D eigenvalue weighted by Gasteiger charge is 2.33. The number of methoxy groups -OCH3 is 1. The summed E-state index contributed by atoms with van der Waals surface area (Å²) in [6, 6.07) is 10.2. The average molecular weight is 585 g/mol. The van der Waals surface area contributed by atoms with Gasteiger partial charge in [-0.25, -0.2) is 4.79 Å². The van der Waals surface area contributed by atoms with Crippen molar-refractivity contribution in [3.8, 4) is 16.9 Å². The molecule has 0 aromatic heterocycles. The van der Waals surface area contributed by atoms with E-state index in [9.17, 15) is 41.3 Å². The molecular weight excluding hydrogens is 558 g/mol. The molecule has 0 atom stereocenters. The zero-order valence-electron chi connectivity index (χ0n) is 22.4. The first-order valence-corrected chi connectivity index (χ1v) is 12.1. The summed E-state index contributed by atoms with van der Waals surface area (Å²) in [7, 11) is 2.58. The zero-order valence-corrected chi connectivity index (χ0v) is 22.4. The zero-order chi connectivity index (χ0) is 30.7. The number of amides is 1. The summed E-state index contributed by atoms with van der Waals surface area (Å²) in [4.78, 5) is 23.7. The third-order valence-electron chi connectivity index (χ3n) is 6.21. The second-order valence-corrected chi connectivity index (χ2v) is 9.54. The van der Waals surface area contributed by atoms with Gasteiger partial charge in [-0.15, -0.1) is 0 Å². The molecule has 0 saturated carbocycles. The maximum atomic E-state index is 13.5. The number of non-ortho nitro benzene ring substituents is 1. The Balaban J connectivity index is 1.92. The molecule has 0 heterocycles. The molecule has 0 aliphatic rings. The van der Waals surface area contributed by atoms with E-state index in [1.54, 1.807) is 12.1 Å². The molecule has 0 N–H and O–H groups in total. The van der Waals surface area contributed by atoms with Crippen molar-refractivity contribution in [1.82, 2.24) is 4.90 Å². The van der Waals surface area contributed by atoms with Crippen LogP contribution < -0.4 is 4.74 Å². The number of nitrogens with zero attached hydrogens (tertiary/aromatic N) is 2. The number of alkyl halides is 6. The van der Waals surface area contributed by atoms with Crippen molar-refractivity contribution < 1.29 is 45.5 Å². The Morgan fingerprint density at radius 2 is 1.59 bits per heavy atom. The smallest absolute Gasteiger partial charge is 0.416 e. The van der Waals surface area contributed by atoms with Crippen LogP contribution in [-0.2, 0) is 30.2 Å². The molecule has 3 aromatic rings. The van der Waals surface area contributed by atoms with E-state index in [0.717, 1.165) is 28.7 Å². The van der Waals surface area contributed by atoms with E-state index in [1.165, 1.54) is 20.2 Å². The van der Waals surface area contributed by atoms with Crippen molar-refractivity contribution in [2.24, 2.45) is 0 Å². The number of benzene rings is 3. The van der Waals surface area contributed by atoms with Gasteiger partial charge in [-0.1, -0.05) is 26.0 Å². The van der Waals surface area contributed by atoms with Crippen molar-refractivity contribution in [2.75, 3.05) is 14.2 Å². The Morgan fingerprint density at radius 3 is 2.15 bits per heavy atom. The van der Waals surface area contributed by atoms with Crippen molar-refractivity contribution in [3.63, 3.8) is 0 Å². The molecule has 0 spiro atoms. The molecule has 0 unspecified atom stereocenters. The van der Waals surface area contributed by atoms with Crippen molar-refractivity contribution in [2.45, 2.75) is 45.3 Å². The minimum absolute atomic E-state index is 0.00971. The Labute approximate surface area is 231 Å². The summed E-state index contributed by atoms with van der Waals surface area (Å²) in [5.41, 5.74) is -1.56. The number of rotatable bonds is 8.